The van der Waals surface area contributed by atoms with Crippen LogP contribution in [0.5, 0.6) is 0 Å². The standard InChI is InChI=1S/C27H36N6O/c1-6-32(5)24-13-11-21(12-14-24)25-29-26(22-7-9-23(10-8-22)27(34)31(3)4)33(30-25)19(2)20-15-17-28-18-16-20/h11-19,22-23H,6-10H2,1-5H3. The molecule has 0 spiro atoms. The third kappa shape index (κ3) is 4.98. The van der Waals surface area contributed by atoms with Gasteiger partial charge in [0, 0.05) is 63.2 Å². The number of hydrogen-bond acceptors (Lipinski definition) is 5. The van der Waals surface area contributed by atoms with Crippen LogP contribution in [-0.2, 0) is 4.79 Å². The number of carbonyl (C=O) groups excluding carboxylic acids is 1. The highest BCUT2D eigenvalue weighted by molar-refractivity contribution is 5.78. The average Bonchev–Trinajstić information content (AvgIpc) is 3.33. The van der Waals surface area contributed by atoms with Gasteiger partial charge in [0.15, 0.2) is 5.82 Å². The molecular weight excluding hydrogens is 424 g/mol. The Morgan fingerprint density at radius 1 is 1.03 bits per heavy atom. The van der Waals surface area contributed by atoms with Crippen LogP contribution in [0, 0.1) is 5.92 Å². The lowest BCUT2D eigenvalue weighted by Gasteiger charge is -2.29. The minimum Gasteiger partial charge on any atom is -0.375 e. The van der Waals surface area contributed by atoms with Crippen molar-refractivity contribution in [2.24, 2.45) is 5.92 Å². The zero-order chi connectivity index (χ0) is 24.2. The predicted octanol–water partition coefficient (Wildman–Crippen LogP) is 4.77. The molecule has 2 heterocycles. The number of rotatable bonds is 7. The first-order chi connectivity index (χ1) is 16.4. The van der Waals surface area contributed by atoms with Crippen molar-refractivity contribution < 1.29 is 4.79 Å². The second kappa shape index (κ2) is 10.4. The molecule has 1 aromatic carbocycles. The Labute approximate surface area is 202 Å². The van der Waals surface area contributed by atoms with Gasteiger partial charge in [0.25, 0.3) is 0 Å². The number of amides is 1. The molecule has 1 aliphatic carbocycles. The van der Waals surface area contributed by atoms with Crippen LogP contribution in [-0.4, -0.2) is 58.2 Å². The summed E-state index contributed by atoms with van der Waals surface area (Å²) in [6.07, 6.45) is 7.34. The number of hydrogen-bond donors (Lipinski definition) is 0. The van der Waals surface area contributed by atoms with Crippen LogP contribution in [0.3, 0.4) is 0 Å². The fourth-order valence-electron chi connectivity index (χ4n) is 4.82. The smallest absolute Gasteiger partial charge is 0.225 e. The summed E-state index contributed by atoms with van der Waals surface area (Å²) in [6.45, 7) is 5.27. The van der Waals surface area contributed by atoms with Crippen LogP contribution in [0.1, 0.15) is 62.9 Å². The van der Waals surface area contributed by atoms with Crippen molar-refractivity contribution in [1.82, 2.24) is 24.6 Å². The summed E-state index contributed by atoms with van der Waals surface area (Å²) in [5.74, 6) is 2.42. The summed E-state index contributed by atoms with van der Waals surface area (Å²) >= 11 is 0. The van der Waals surface area contributed by atoms with Gasteiger partial charge >= 0.3 is 0 Å². The Hall–Kier alpha value is -3.22. The van der Waals surface area contributed by atoms with Gasteiger partial charge in [0.1, 0.15) is 5.82 Å². The minimum atomic E-state index is 0.0471. The number of pyridine rings is 1. The van der Waals surface area contributed by atoms with E-state index in [1.807, 2.05) is 38.6 Å². The van der Waals surface area contributed by atoms with E-state index in [9.17, 15) is 4.79 Å². The monoisotopic (exact) mass is 460 g/mol. The van der Waals surface area contributed by atoms with Gasteiger partial charge in [0.05, 0.1) is 6.04 Å². The van der Waals surface area contributed by atoms with Crippen LogP contribution in [0.2, 0.25) is 0 Å². The summed E-state index contributed by atoms with van der Waals surface area (Å²) in [4.78, 5) is 25.6. The molecule has 3 aromatic rings. The van der Waals surface area contributed by atoms with Crippen LogP contribution >= 0.6 is 0 Å². The molecule has 180 valence electrons. The molecule has 34 heavy (non-hydrogen) atoms. The molecule has 1 amide bonds. The molecular formula is C27H36N6O. The summed E-state index contributed by atoms with van der Waals surface area (Å²) < 4.78 is 2.09. The number of carbonyl (C=O) groups is 1. The summed E-state index contributed by atoms with van der Waals surface area (Å²) in [5.41, 5.74) is 3.36. The quantitative estimate of drug-likeness (QED) is 0.508. The molecule has 0 bridgehead atoms. The lowest BCUT2D eigenvalue weighted by molar-refractivity contribution is -0.134. The Morgan fingerprint density at radius 3 is 2.26 bits per heavy atom. The lowest BCUT2D eigenvalue weighted by Crippen LogP contribution is -2.32. The maximum atomic E-state index is 12.5. The molecule has 0 aliphatic heterocycles. The van der Waals surface area contributed by atoms with E-state index in [0.717, 1.165) is 55.0 Å². The van der Waals surface area contributed by atoms with Crippen LogP contribution in [0.4, 0.5) is 5.69 Å². The Balaban J connectivity index is 1.65. The van der Waals surface area contributed by atoms with Gasteiger partial charge in [-0.3, -0.25) is 9.78 Å². The zero-order valence-corrected chi connectivity index (χ0v) is 21.0. The third-order valence-corrected chi connectivity index (χ3v) is 7.14. The van der Waals surface area contributed by atoms with E-state index in [1.54, 1.807) is 4.90 Å². The van der Waals surface area contributed by atoms with Crippen molar-refractivity contribution in [2.45, 2.75) is 51.5 Å². The Morgan fingerprint density at radius 2 is 1.68 bits per heavy atom. The first-order valence-electron chi connectivity index (χ1n) is 12.3. The van der Waals surface area contributed by atoms with E-state index < -0.39 is 0 Å². The van der Waals surface area contributed by atoms with Crippen molar-refractivity contribution in [2.75, 3.05) is 32.6 Å². The normalized spacial score (nSPS) is 19.0. The summed E-state index contributed by atoms with van der Waals surface area (Å²) in [7, 11) is 5.78. The van der Waals surface area contributed by atoms with Crippen molar-refractivity contribution in [1.29, 1.82) is 0 Å². The molecule has 1 saturated carbocycles. The van der Waals surface area contributed by atoms with Gasteiger partial charge in [-0.25, -0.2) is 9.67 Å². The van der Waals surface area contributed by atoms with E-state index in [2.05, 4.69) is 59.7 Å². The number of nitrogens with zero attached hydrogens (tertiary/aromatic N) is 6. The molecule has 1 fully saturated rings. The minimum absolute atomic E-state index is 0.0471. The maximum absolute atomic E-state index is 12.5. The van der Waals surface area contributed by atoms with Crippen molar-refractivity contribution in [3.63, 3.8) is 0 Å². The second-order valence-corrected chi connectivity index (χ2v) is 9.54. The first kappa shape index (κ1) is 23.9. The van der Waals surface area contributed by atoms with Gasteiger partial charge in [-0.15, -0.1) is 0 Å². The van der Waals surface area contributed by atoms with Gasteiger partial charge in [0.2, 0.25) is 5.91 Å². The van der Waals surface area contributed by atoms with Crippen molar-refractivity contribution in [3.05, 3.63) is 60.2 Å². The van der Waals surface area contributed by atoms with Crippen LogP contribution in [0.15, 0.2) is 48.8 Å². The summed E-state index contributed by atoms with van der Waals surface area (Å²) in [5, 5.41) is 5.01. The second-order valence-electron chi connectivity index (χ2n) is 9.54. The van der Waals surface area contributed by atoms with E-state index in [1.165, 1.54) is 5.69 Å². The number of anilines is 1. The topological polar surface area (TPSA) is 67.2 Å². The fourth-order valence-corrected chi connectivity index (χ4v) is 4.82. The number of aromatic nitrogens is 4. The highest BCUT2D eigenvalue weighted by Crippen LogP contribution is 2.38. The number of benzene rings is 1. The molecule has 1 unspecified atom stereocenters. The van der Waals surface area contributed by atoms with Gasteiger partial charge in [-0.1, -0.05) is 0 Å². The predicted molar refractivity (Wildman–Crippen MR) is 136 cm³/mol. The van der Waals surface area contributed by atoms with Gasteiger partial charge in [-0.2, -0.15) is 5.10 Å². The average molecular weight is 461 g/mol. The molecule has 0 radical (unpaired) electrons. The van der Waals surface area contributed by atoms with E-state index in [-0.39, 0.29) is 17.9 Å². The van der Waals surface area contributed by atoms with Crippen LogP contribution in [0.25, 0.3) is 11.4 Å². The maximum Gasteiger partial charge on any atom is 0.225 e. The molecule has 1 atom stereocenters. The first-order valence-corrected chi connectivity index (χ1v) is 12.3. The van der Waals surface area contributed by atoms with E-state index >= 15 is 0 Å². The molecule has 7 nitrogen and oxygen atoms in total. The fraction of sp³-hybridized carbons (Fsp3) is 0.481. The zero-order valence-electron chi connectivity index (χ0n) is 21.0. The molecule has 2 aromatic heterocycles. The third-order valence-electron chi connectivity index (χ3n) is 7.14. The van der Waals surface area contributed by atoms with E-state index in [0.29, 0.717) is 5.92 Å². The Bertz CT molecular complexity index is 1080. The molecule has 1 aliphatic rings. The summed E-state index contributed by atoms with van der Waals surface area (Å²) in [6, 6.07) is 12.6. The highest BCUT2D eigenvalue weighted by Gasteiger charge is 2.32. The molecule has 7 heteroatoms. The highest BCUT2D eigenvalue weighted by atomic mass is 16.2. The molecule has 0 N–H and O–H groups in total. The lowest BCUT2D eigenvalue weighted by atomic mass is 9.81. The van der Waals surface area contributed by atoms with E-state index in [4.69, 9.17) is 10.1 Å². The van der Waals surface area contributed by atoms with Crippen molar-refractivity contribution in [3.8, 4) is 11.4 Å². The van der Waals surface area contributed by atoms with Gasteiger partial charge < -0.3 is 9.80 Å². The molecule has 4 rings (SSSR count). The molecule has 0 saturated heterocycles. The largest absolute Gasteiger partial charge is 0.375 e. The van der Waals surface area contributed by atoms with Crippen molar-refractivity contribution >= 4 is 11.6 Å². The SMILES string of the molecule is CCN(C)c1ccc(-c2nc(C3CCC(C(=O)N(C)C)CC3)n(C(C)c3ccncc3)n2)cc1. The van der Waals surface area contributed by atoms with Crippen LogP contribution < -0.4 is 4.90 Å². The Kier molecular flexibility index (Phi) is 7.29. The van der Waals surface area contributed by atoms with Gasteiger partial charge in [-0.05, 0) is 81.5 Å².